The number of rotatable bonds is 4. The summed E-state index contributed by atoms with van der Waals surface area (Å²) in [6, 6.07) is 15.1. The fourth-order valence-electron chi connectivity index (χ4n) is 3.13. The Morgan fingerprint density at radius 3 is 2.31 bits per heavy atom. The number of hydrogen-bond acceptors (Lipinski definition) is 4. The minimum absolute atomic E-state index is 0.0327. The van der Waals surface area contributed by atoms with Crippen LogP contribution in [0.25, 0.3) is 0 Å². The number of nitrogens with zero attached hydrogens (tertiary/aromatic N) is 1. The summed E-state index contributed by atoms with van der Waals surface area (Å²) in [5, 5.41) is 3.64. The maximum absolute atomic E-state index is 13.4. The Kier molecular flexibility index (Phi) is 6.47. The molecule has 0 unspecified atom stereocenters. The number of carbonyl (C=O) groups excluding carboxylic acids is 1. The molecule has 1 atom stereocenters. The topological polar surface area (TPSA) is 75.7 Å². The summed E-state index contributed by atoms with van der Waals surface area (Å²) in [7, 11) is -4.00. The van der Waals surface area contributed by atoms with Crippen molar-refractivity contribution < 1.29 is 17.9 Å². The summed E-state index contributed by atoms with van der Waals surface area (Å²) in [5.74, 6) is -0.354. The van der Waals surface area contributed by atoms with Crippen LogP contribution in [0.3, 0.4) is 0 Å². The number of nitrogens with one attached hydrogen (secondary N) is 1. The molecule has 3 aromatic rings. The fraction of sp³-hybridized carbons (Fsp3) is 0.0952. The van der Waals surface area contributed by atoms with Crippen LogP contribution in [0.15, 0.2) is 65.6 Å². The van der Waals surface area contributed by atoms with Gasteiger partial charge >= 0.3 is 0 Å². The first-order chi connectivity index (χ1) is 15.2. The molecule has 166 valence electrons. The van der Waals surface area contributed by atoms with Gasteiger partial charge in [-0.05, 0) is 48.5 Å². The zero-order valence-electron chi connectivity index (χ0n) is 16.1. The van der Waals surface area contributed by atoms with Crippen molar-refractivity contribution in [3.05, 3.63) is 80.8 Å². The Bertz CT molecular complexity index is 1300. The highest BCUT2D eigenvalue weighted by atomic mass is 35.5. The molecule has 1 N–H and O–H groups in total. The van der Waals surface area contributed by atoms with Gasteiger partial charge in [-0.15, -0.1) is 0 Å². The zero-order valence-corrected chi connectivity index (χ0v) is 19.9. The highest BCUT2D eigenvalue weighted by Gasteiger charge is 2.37. The molecule has 0 saturated carbocycles. The van der Waals surface area contributed by atoms with Crippen LogP contribution in [-0.2, 0) is 14.8 Å². The SMILES string of the molecule is O=C(Nc1cc(Cl)c(Cl)cc1Cl)[C@H]1CN(S(=O)(=O)c2ccc(Cl)cc2)c2ccccc2O1. The van der Waals surface area contributed by atoms with Crippen molar-refractivity contribution in [1.29, 1.82) is 0 Å². The van der Waals surface area contributed by atoms with E-state index in [2.05, 4.69) is 5.32 Å². The van der Waals surface area contributed by atoms with Crippen molar-refractivity contribution in [3.63, 3.8) is 0 Å². The lowest BCUT2D eigenvalue weighted by atomic mass is 10.2. The van der Waals surface area contributed by atoms with Gasteiger partial charge in [0.1, 0.15) is 5.75 Å². The normalized spacial score (nSPS) is 15.6. The third kappa shape index (κ3) is 4.49. The lowest BCUT2D eigenvalue weighted by Gasteiger charge is -2.34. The smallest absolute Gasteiger partial charge is 0.267 e. The second-order valence-electron chi connectivity index (χ2n) is 6.80. The quantitative estimate of drug-likeness (QED) is 0.425. The summed E-state index contributed by atoms with van der Waals surface area (Å²) in [5.41, 5.74) is 0.541. The summed E-state index contributed by atoms with van der Waals surface area (Å²) in [6.45, 7) is -0.257. The molecule has 1 amide bonds. The number of fused-ring (bicyclic) bond motifs is 1. The Hall–Kier alpha value is -2.16. The maximum atomic E-state index is 13.4. The number of sulfonamides is 1. The van der Waals surface area contributed by atoms with E-state index in [0.29, 0.717) is 10.7 Å². The lowest BCUT2D eigenvalue weighted by molar-refractivity contribution is -0.122. The summed E-state index contributed by atoms with van der Waals surface area (Å²) >= 11 is 24.0. The van der Waals surface area contributed by atoms with Crippen molar-refractivity contribution in [2.45, 2.75) is 11.0 Å². The first-order valence-electron chi connectivity index (χ1n) is 9.16. The summed E-state index contributed by atoms with van der Waals surface area (Å²) in [6.07, 6.45) is -1.16. The van der Waals surface area contributed by atoms with Crippen LogP contribution < -0.4 is 14.4 Å². The van der Waals surface area contributed by atoms with Crippen LogP contribution in [0.5, 0.6) is 5.75 Å². The van der Waals surface area contributed by atoms with Gasteiger partial charge in [-0.25, -0.2) is 8.42 Å². The van der Waals surface area contributed by atoms with E-state index >= 15 is 0 Å². The Labute approximate surface area is 204 Å². The Morgan fingerprint density at radius 2 is 1.59 bits per heavy atom. The van der Waals surface area contributed by atoms with Crippen molar-refractivity contribution in [1.82, 2.24) is 0 Å². The second-order valence-corrected chi connectivity index (χ2v) is 10.3. The monoisotopic (exact) mass is 530 g/mol. The molecule has 0 saturated heterocycles. The van der Waals surface area contributed by atoms with Gasteiger partial charge in [-0.1, -0.05) is 58.5 Å². The van der Waals surface area contributed by atoms with Crippen LogP contribution >= 0.6 is 46.4 Å². The average molecular weight is 532 g/mol. The minimum Gasteiger partial charge on any atom is -0.476 e. The van der Waals surface area contributed by atoms with Crippen LogP contribution in [0.4, 0.5) is 11.4 Å². The molecule has 1 heterocycles. The predicted octanol–water partition coefficient (Wildman–Crippen LogP) is 5.90. The third-order valence-electron chi connectivity index (χ3n) is 4.70. The van der Waals surface area contributed by atoms with E-state index < -0.39 is 22.0 Å². The van der Waals surface area contributed by atoms with E-state index in [1.54, 1.807) is 24.3 Å². The van der Waals surface area contributed by atoms with Crippen molar-refractivity contribution in [2.24, 2.45) is 0 Å². The fourth-order valence-corrected chi connectivity index (χ4v) is 5.33. The number of amides is 1. The molecule has 3 aromatic carbocycles. The first-order valence-corrected chi connectivity index (χ1v) is 12.1. The number of anilines is 2. The van der Waals surface area contributed by atoms with E-state index in [-0.39, 0.29) is 37.9 Å². The van der Waals surface area contributed by atoms with Gasteiger partial charge in [0.15, 0.2) is 6.10 Å². The predicted molar refractivity (Wildman–Crippen MR) is 127 cm³/mol. The first kappa shape index (κ1) is 23.0. The standard InChI is InChI=1S/C21H14Cl4N2O4S/c22-12-5-7-13(8-6-12)32(29,30)27-11-20(31-19-4-2-1-3-18(19)27)21(28)26-17-10-15(24)14(23)9-16(17)25/h1-10,20H,11H2,(H,26,28)/t20-/m1/s1. The summed E-state index contributed by atoms with van der Waals surface area (Å²) < 4.78 is 33.7. The number of para-hydroxylation sites is 2. The highest BCUT2D eigenvalue weighted by molar-refractivity contribution is 7.92. The molecular formula is C21H14Cl4N2O4S. The van der Waals surface area contributed by atoms with Gasteiger partial charge in [0.05, 0.1) is 37.9 Å². The number of hydrogen-bond donors (Lipinski definition) is 1. The largest absolute Gasteiger partial charge is 0.476 e. The molecule has 0 fully saturated rings. The molecule has 0 radical (unpaired) electrons. The molecule has 0 spiro atoms. The van der Waals surface area contributed by atoms with Crippen molar-refractivity contribution in [3.8, 4) is 5.75 Å². The van der Waals surface area contributed by atoms with E-state index in [9.17, 15) is 13.2 Å². The van der Waals surface area contributed by atoms with Crippen LogP contribution in [-0.4, -0.2) is 27.0 Å². The zero-order chi connectivity index (χ0) is 23.0. The Balaban J connectivity index is 1.67. The molecule has 0 bridgehead atoms. The average Bonchev–Trinajstić information content (AvgIpc) is 2.77. The summed E-state index contributed by atoms with van der Waals surface area (Å²) in [4.78, 5) is 13.0. The molecule has 0 aromatic heterocycles. The molecule has 1 aliphatic heterocycles. The van der Waals surface area contributed by atoms with Gasteiger partial charge in [0.25, 0.3) is 15.9 Å². The molecule has 0 aliphatic carbocycles. The van der Waals surface area contributed by atoms with Crippen LogP contribution in [0.2, 0.25) is 20.1 Å². The molecule has 1 aliphatic rings. The van der Waals surface area contributed by atoms with E-state index in [4.69, 9.17) is 51.1 Å². The lowest BCUT2D eigenvalue weighted by Crippen LogP contribution is -2.48. The molecule has 4 rings (SSSR count). The van der Waals surface area contributed by atoms with E-state index in [1.165, 1.54) is 36.4 Å². The van der Waals surface area contributed by atoms with Gasteiger partial charge in [-0.3, -0.25) is 9.10 Å². The molecule has 32 heavy (non-hydrogen) atoms. The number of benzene rings is 3. The van der Waals surface area contributed by atoms with Gasteiger partial charge in [-0.2, -0.15) is 0 Å². The maximum Gasteiger partial charge on any atom is 0.267 e. The Morgan fingerprint density at radius 1 is 0.938 bits per heavy atom. The van der Waals surface area contributed by atoms with Gasteiger partial charge in [0.2, 0.25) is 0 Å². The van der Waals surface area contributed by atoms with Crippen LogP contribution in [0, 0.1) is 0 Å². The number of carbonyl (C=O) groups is 1. The van der Waals surface area contributed by atoms with Gasteiger partial charge in [0, 0.05) is 5.02 Å². The van der Waals surface area contributed by atoms with Gasteiger partial charge < -0.3 is 10.1 Å². The highest BCUT2D eigenvalue weighted by Crippen LogP contribution is 2.38. The minimum atomic E-state index is -4.00. The second kappa shape index (κ2) is 9.00. The number of halogens is 4. The molecule has 11 heteroatoms. The molecule has 6 nitrogen and oxygen atoms in total. The van der Waals surface area contributed by atoms with E-state index in [0.717, 1.165) is 4.31 Å². The molecular weight excluding hydrogens is 518 g/mol. The van der Waals surface area contributed by atoms with Crippen molar-refractivity contribution in [2.75, 3.05) is 16.2 Å². The third-order valence-corrected chi connectivity index (χ3v) is 7.78. The van der Waals surface area contributed by atoms with E-state index in [1.807, 2.05) is 0 Å². The number of ether oxygens (including phenoxy) is 1. The van der Waals surface area contributed by atoms with Crippen LogP contribution in [0.1, 0.15) is 0 Å². The van der Waals surface area contributed by atoms with Crippen molar-refractivity contribution >= 4 is 73.7 Å².